The second-order valence-corrected chi connectivity index (χ2v) is 7.60. The summed E-state index contributed by atoms with van der Waals surface area (Å²) in [6.45, 7) is 0.365. The SMILES string of the molecule is O=C(O)NCC1(c2cccc(-c3ncnc4[nH]ccc34)c2)Cc2ccccc2C1. The summed E-state index contributed by atoms with van der Waals surface area (Å²) in [6.07, 6.45) is 4.03. The number of carboxylic acid groups (broad SMARTS) is 1. The topological polar surface area (TPSA) is 90.9 Å². The molecule has 0 fully saturated rings. The van der Waals surface area contributed by atoms with E-state index in [0.29, 0.717) is 6.54 Å². The van der Waals surface area contributed by atoms with Crippen LogP contribution in [0.4, 0.5) is 4.79 Å². The Kier molecular flexibility index (Phi) is 4.05. The molecule has 1 aliphatic rings. The molecule has 2 aromatic heterocycles. The van der Waals surface area contributed by atoms with E-state index in [0.717, 1.165) is 40.7 Å². The zero-order valence-corrected chi connectivity index (χ0v) is 15.7. The van der Waals surface area contributed by atoms with Crippen LogP contribution in [0.2, 0.25) is 0 Å². The van der Waals surface area contributed by atoms with Gasteiger partial charge in [0.2, 0.25) is 0 Å². The summed E-state index contributed by atoms with van der Waals surface area (Å²) in [5.74, 6) is 0. The minimum absolute atomic E-state index is 0.317. The molecule has 4 aromatic rings. The van der Waals surface area contributed by atoms with Crippen molar-refractivity contribution in [2.24, 2.45) is 0 Å². The number of hydrogen-bond donors (Lipinski definition) is 3. The van der Waals surface area contributed by atoms with Crippen LogP contribution in [0.15, 0.2) is 67.1 Å². The summed E-state index contributed by atoms with van der Waals surface area (Å²) in [7, 11) is 0. The molecule has 0 radical (unpaired) electrons. The first-order chi connectivity index (χ1) is 14.1. The Bertz CT molecular complexity index is 1190. The number of nitrogens with one attached hydrogen (secondary N) is 2. The number of aromatic nitrogens is 3. The van der Waals surface area contributed by atoms with Gasteiger partial charge in [-0.3, -0.25) is 0 Å². The van der Waals surface area contributed by atoms with E-state index in [4.69, 9.17) is 0 Å². The van der Waals surface area contributed by atoms with Crippen LogP contribution in [0.1, 0.15) is 16.7 Å². The number of carbonyl (C=O) groups is 1. The number of benzene rings is 2. The van der Waals surface area contributed by atoms with E-state index >= 15 is 0 Å². The first-order valence-corrected chi connectivity index (χ1v) is 9.57. The van der Waals surface area contributed by atoms with Crippen LogP contribution < -0.4 is 5.32 Å². The van der Waals surface area contributed by atoms with E-state index in [9.17, 15) is 9.90 Å². The van der Waals surface area contributed by atoms with E-state index in [1.165, 1.54) is 11.1 Å². The molecule has 0 bridgehead atoms. The second-order valence-electron chi connectivity index (χ2n) is 7.60. The predicted molar refractivity (Wildman–Crippen MR) is 111 cm³/mol. The van der Waals surface area contributed by atoms with Crippen molar-refractivity contribution < 1.29 is 9.90 Å². The molecule has 0 spiro atoms. The zero-order chi connectivity index (χ0) is 19.8. The lowest BCUT2D eigenvalue weighted by atomic mass is 9.77. The fourth-order valence-electron chi connectivity index (χ4n) is 4.47. The van der Waals surface area contributed by atoms with Gasteiger partial charge in [0.1, 0.15) is 12.0 Å². The smallest absolute Gasteiger partial charge is 0.404 e. The maximum absolute atomic E-state index is 11.3. The van der Waals surface area contributed by atoms with Gasteiger partial charge < -0.3 is 15.4 Å². The van der Waals surface area contributed by atoms with Gasteiger partial charge in [0.15, 0.2) is 0 Å². The highest BCUT2D eigenvalue weighted by Crippen LogP contribution is 2.40. The average Bonchev–Trinajstić information content (AvgIpc) is 3.37. The maximum atomic E-state index is 11.3. The molecule has 1 amide bonds. The largest absolute Gasteiger partial charge is 0.465 e. The molecular weight excluding hydrogens is 364 g/mol. The molecule has 2 aromatic carbocycles. The van der Waals surface area contributed by atoms with Gasteiger partial charge in [-0.05, 0) is 41.7 Å². The third-order valence-corrected chi connectivity index (χ3v) is 5.86. The van der Waals surface area contributed by atoms with Crippen molar-refractivity contribution in [2.45, 2.75) is 18.3 Å². The molecule has 1 aliphatic carbocycles. The summed E-state index contributed by atoms with van der Waals surface area (Å²) < 4.78 is 0. The first-order valence-electron chi connectivity index (χ1n) is 9.57. The molecule has 144 valence electrons. The van der Waals surface area contributed by atoms with E-state index < -0.39 is 6.09 Å². The maximum Gasteiger partial charge on any atom is 0.404 e. The lowest BCUT2D eigenvalue weighted by Gasteiger charge is -2.30. The van der Waals surface area contributed by atoms with Crippen molar-refractivity contribution in [1.29, 1.82) is 0 Å². The Balaban J connectivity index is 1.60. The van der Waals surface area contributed by atoms with Crippen molar-refractivity contribution in [3.8, 4) is 11.3 Å². The second kappa shape index (κ2) is 6.74. The average molecular weight is 384 g/mol. The molecule has 6 heteroatoms. The minimum atomic E-state index is -0.999. The van der Waals surface area contributed by atoms with Crippen LogP contribution in [-0.4, -0.2) is 32.7 Å². The van der Waals surface area contributed by atoms with Crippen molar-refractivity contribution in [3.05, 3.63) is 83.8 Å². The monoisotopic (exact) mass is 384 g/mol. The highest BCUT2D eigenvalue weighted by molar-refractivity contribution is 5.90. The van der Waals surface area contributed by atoms with E-state index in [1.54, 1.807) is 6.33 Å². The van der Waals surface area contributed by atoms with Gasteiger partial charge in [-0.15, -0.1) is 0 Å². The number of aromatic amines is 1. The van der Waals surface area contributed by atoms with Gasteiger partial charge in [-0.2, -0.15) is 0 Å². The quantitative estimate of drug-likeness (QED) is 0.497. The number of rotatable bonds is 4. The Hall–Kier alpha value is -3.67. The summed E-state index contributed by atoms with van der Waals surface area (Å²) in [5, 5.41) is 12.8. The molecule has 6 nitrogen and oxygen atoms in total. The van der Waals surface area contributed by atoms with Crippen LogP contribution in [0, 0.1) is 0 Å². The summed E-state index contributed by atoms with van der Waals surface area (Å²) >= 11 is 0. The van der Waals surface area contributed by atoms with Gasteiger partial charge in [-0.25, -0.2) is 14.8 Å². The lowest BCUT2D eigenvalue weighted by Crippen LogP contribution is -2.41. The molecule has 0 saturated carbocycles. The first kappa shape index (κ1) is 17.4. The summed E-state index contributed by atoms with van der Waals surface area (Å²) in [6, 6.07) is 18.6. The summed E-state index contributed by atoms with van der Waals surface area (Å²) in [4.78, 5) is 23.2. The molecule has 29 heavy (non-hydrogen) atoms. The number of fused-ring (bicyclic) bond motifs is 2. The molecule has 5 rings (SSSR count). The van der Waals surface area contributed by atoms with Gasteiger partial charge in [0.25, 0.3) is 0 Å². The summed E-state index contributed by atoms with van der Waals surface area (Å²) in [5.41, 5.74) is 6.02. The normalized spacial score (nSPS) is 14.6. The van der Waals surface area contributed by atoms with Gasteiger partial charge >= 0.3 is 6.09 Å². The van der Waals surface area contributed by atoms with Gasteiger partial charge in [0.05, 0.1) is 5.69 Å². The Morgan fingerprint density at radius 1 is 1.07 bits per heavy atom. The zero-order valence-electron chi connectivity index (χ0n) is 15.7. The third kappa shape index (κ3) is 3.02. The van der Waals surface area contributed by atoms with E-state index in [2.05, 4.69) is 44.5 Å². The minimum Gasteiger partial charge on any atom is -0.465 e. The van der Waals surface area contributed by atoms with Crippen molar-refractivity contribution in [1.82, 2.24) is 20.3 Å². The Morgan fingerprint density at radius 2 is 1.86 bits per heavy atom. The molecule has 0 saturated heterocycles. The Morgan fingerprint density at radius 3 is 2.62 bits per heavy atom. The standard InChI is InChI=1S/C23H20N4O2/c28-22(29)25-13-23(11-16-4-1-2-5-17(16)12-23)18-7-3-6-15(10-18)20-19-8-9-24-21(19)27-14-26-20/h1-10,14,25H,11-13H2,(H,28,29)(H,24,26,27). The molecule has 0 aliphatic heterocycles. The van der Waals surface area contributed by atoms with E-state index in [-0.39, 0.29) is 5.41 Å². The fraction of sp³-hybridized carbons (Fsp3) is 0.174. The number of hydrogen-bond acceptors (Lipinski definition) is 3. The van der Waals surface area contributed by atoms with E-state index in [1.807, 2.05) is 36.5 Å². The lowest BCUT2D eigenvalue weighted by molar-refractivity contribution is 0.191. The van der Waals surface area contributed by atoms with Crippen molar-refractivity contribution in [2.75, 3.05) is 6.54 Å². The van der Waals surface area contributed by atoms with Gasteiger partial charge in [0, 0.05) is 29.1 Å². The van der Waals surface area contributed by atoms with Gasteiger partial charge in [-0.1, -0.05) is 42.5 Å². The fourth-order valence-corrected chi connectivity index (χ4v) is 4.47. The highest BCUT2D eigenvalue weighted by atomic mass is 16.4. The number of H-pyrrole nitrogens is 1. The van der Waals surface area contributed by atoms with Crippen molar-refractivity contribution in [3.63, 3.8) is 0 Å². The van der Waals surface area contributed by atoms with Crippen LogP contribution in [0.25, 0.3) is 22.3 Å². The van der Waals surface area contributed by atoms with Crippen LogP contribution in [0.3, 0.4) is 0 Å². The predicted octanol–water partition coefficient (Wildman–Crippen LogP) is 3.93. The van der Waals surface area contributed by atoms with Crippen LogP contribution in [-0.2, 0) is 18.3 Å². The molecule has 0 unspecified atom stereocenters. The molecule has 2 heterocycles. The van der Waals surface area contributed by atoms with Crippen LogP contribution in [0.5, 0.6) is 0 Å². The number of nitrogens with zero attached hydrogens (tertiary/aromatic N) is 2. The molecule has 0 atom stereocenters. The van der Waals surface area contributed by atoms with Crippen LogP contribution >= 0.6 is 0 Å². The number of amides is 1. The Labute approximate surface area is 167 Å². The van der Waals surface area contributed by atoms with Crippen molar-refractivity contribution >= 4 is 17.1 Å². The molecular formula is C23H20N4O2. The third-order valence-electron chi connectivity index (χ3n) is 5.86. The highest BCUT2D eigenvalue weighted by Gasteiger charge is 2.39. The molecule has 3 N–H and O–H groups in total.